The molecule has 0 saturated carbocycles. The SMILES string of the molecule is O=C(O)c1ncc(-c2ccc(Cl)cc2)nc1-c1nnn[nH]1. The lowest BCUT2D eigenvalue weighted by molar-refractivity contribution is 0.0691. The quantitative estimate of drug-likeness (QED) is 0.755. The summed E-state index contributed by atoms with van der Waals surface area (Å²) in [5.41, 5.74) is 1.08. The van der Waals surface area contributed by atoms with Gasteiger partial charge in [0.1, 0.15) is 5.69 Å². The van der Waals surface area contributed by atoms with Crippen LogP contribution >= 0.6 is 11.6 Å². The Morgan fingerprint density at radius 1 is 1.24 bits per heavy atom. The van der Waals surface area contributed by atoms with Crippen molar-refractivity contribution in [2.24, 2.45) is 0 Å². The highest BCUT2D eigenvalue weighted by atomic mass is 35.5. The minimum Gasteiger partial charge on any atom is -0.476 e. The molecule has 0 spiro atoms. The predicted octanol–water partition coefficient (Wildman–Crippen LogP) is 1.68. The van der Waals surface area contributed by atoms with Crippen LogP contribution in [0.1, 0.15) is 10.5 Å². The highest BCUT2D eigenvalue weighted by molar-refractivity contribution is 6.30. The van der Waals surface area contributed by atoms with E-state index in [1.165, 1.54) is 6.20 Å². The molecule has 2 N–H and O–H groups in total. The Morgan fingerprint density at radius 3 is 2.62 bits per heavy atom. The molecule has 3 rings (SSSR count). The van der Waals surface area contributed by atoms with Crippen LogP contribution < -0.4 is 0 Å². The first-order valence-corrected chi connectivity index (χ1v) is 6.13. The van der Waals surface area contributed by atoms with Crippen LogP contribution in [0.3, 0.4) is 0 Å². The molecule has 0 bridgehead atoms. The molecule has 0 fully saturated rings. The van der Waals surface area contributed by atoms with Gasteiger partial charge in [0, 0.05) is 10.6 Å². The van der Waals surface area contributed by atoms with Crippen molar-refractivity contribution in [1.82, 2.24) is 30.6 Å². The van der Waals surface area contributed by atoms with Crippen LogP contribution in [0.2, 0.25) is 5.02 Å². The Kier molecular flexibility index (Phi) is 3.28. The van der Waals surface area contributed by atoms with Crippen LogP contribution in [-0.4, -0.2) is 41.7 Å². The van der Waals surface area contributed by atoms with Gasteiger partial charge >= 0.3 is 5.97 Å². The van der Waals surface area contributed by atoms with Crippen LogP contribution in [0.5, 0.6) is 0 Å². The summed E-state index contributed by atoms with van der Waals surface area (Å²) in [6.07, 6.45) is 1.37. The molecule has 0 aliphatic heterocycles. The molecule has 2 aromatic heterocycles. The summed E-state index contributed by atoms with van der Waals surface area (Å²) >= 11 is 5.83. The van der Waals surface area contributed by atoms with Crippen molar-refractivity contribution in [2.45, 2.75) is 0 Å². The largest absolute Gasteiger partial charge is 0.476 e. The number of aromatic carboxylic acids is 1. The summed E-state index contributed by atoms with van der Waals surface area (Å²) in [6.45, 7) is 0. The molecule has 0 saturated heterocycles. The van der Waals surface area contributed by atoms with Crippen LogP contribution in [-0.2, 0) is 0 Å². The lowest BCUT2D eigenvalue weighted by Gasteiger charge is -2.05. The fourth-order valence-corrected chi connectivity index (χ4v) is 1.86. The topological polar surface area (TPSA) is 118 Å². The first kappa shape index (κ1) is 13.1. The second kappa shape index (κ2) is 5.25. The van der Waals surface area contributed by atoms with Crippen molar-refractivity contribution >= 4 is 17.6 Å². The number of carboxylic acid groups (broad SMARTS) is 1. The smallest absolute Gasteiger partial charge is 0.356 e. The molecule has 3 aromatic rings. The number of benzene rings is 1. The number of aromatic amines is 1. The minimum atomic E-state index is -1.21. The van der Waals surface area contributed by atoms with E-state index in [4.69, 9.17) is 16.7 Å². The third-order valence-corrected chi connectivity index (χ3v) is 2.94. The number of nitrogens with one attached hydrogen (secondary N) is 1. The first-order chi connectivity index (χ1) is 10.1. The van der Waals surface area contributed by atoms with Crippen LogP contribution in [0, 0.1) is 0 Å². The summed E-state index contributed by atoms with van der Waals surface area (Å²) in [6, 6.07) is 6.93. The zero-order valence-corrected chi connectivity index (χ0v) is 11.1. The first-order valence-electron chi connectivity index (χ1n) is 5.75. The lowest BCUT2D eigenvalue weighted by Crippen LogP contribution is -2.06. The number of tetrazole rings is 1. The second-order valence-corrected chi connectivity index (χ2v) is 4.45. The number of H-pyrrole nitrogens is 1. The van der Waals surface area contributed by atoms with Gasteiger partial charge in [-0.1, -0.05) is 23.7 Å². The number of carboxylic acids is 1. The molecule has 0 radical (unpaired) electrons. The highest BCUT2D eigenvalue weighted by Gasteiger charge is 2.19. The molecule has 8 nitrogen and oxygen atoms in total. The van der Waals surface area contributed by atoms with Crippen molar-refractivity contribution in [3.05, 3.63) is 41.2 Å². The molecule has 104 valence electrons. The van der Waals surface area contributed by atoms with Gasteiger partial charge < -0.3 is 5.11 Å². The predicted molar refractivity (Wildman–Crippen MR) is 72.6 cm³/mol. The van der Waals surface area contributed by atoms with E-state index in [2.05, 4.69) is 30.6 Å². The summed E-state index contributed by atoms with van der Waals surface area (Å²) in [5, 5.41) is 22.7. The average Bonchev–Trinajstić information content (AvgIpc) is 3.01. The summed E-state index contributed by atoms with van der Waals surface area (Å²) in [4.78, 5) is 19.4. The number of hydrogen-bond acceptors (Lipinski definition) is 6. The van der Waals surface area contributed by atoms with Gasteiger partial charge in [0.2, 0.25) is 5.82 Å². The molecule has 0 unspecified atom stereocenters. The van der Waals surface area contributed by atoms with E-state index in [0.717, 1.165) is 5.56 Å². The molecular weight excluding hydrogens is 296 g/mol. The number of hydrogen-bond donors (Lipinski definition) is 2. The normalized spacial score (nSPS) is 10.5. The third-order valence-electron chi connectivity index (χ3n) is 2.68. The lowest BCUT2D eigenvalue weighted by atomic mass is 10.1. The molecular formula is C12H7ClN6O2. The van der Waals surface area contributed by atoms with E-state index in [0.29, 0.717) is 10.7 Å². The van der Waals surface area contributed by atoms with E-state index >= 15 is 0 Å². The average molecular weight is 303 g/mol. The van der Waals surface area contributed by atoms with Gasteiger partial charge in [-0.2, -0.15) is 0 Å². The van der Waals surface area contributed by atoms with Gasteiger partial charge in [-0.15, -0.1) is 5.10 Å². The molecule has 0 aliphatic rings. The standard InChI is InChI=1S/C12H7ClN6O2/c13-7-3-1-6(2-4-7)8-5-14-10(12(20)21)9(15-8)11-16-18-19-17-11/h1-5H,(H,20,21)(H,16,17,18,19). The van der Waals surface area contributed by atoms with Gasteiger partial charge in [0.25, 0.3) is 0 Å². The van der Waals surface area contributed by atoms with E-state index in [-0.39, 0.29) is 17.2 Å². The fourth-order valence-electron chi connectivity index (χ4n) is 1.73. The van der Waals surface area contributed by atoms with Crippen LogP contribution in [0.4, 0.5) is 0 Å². The van der Waals surface area contributed by atoms with Gasteiger partial charge in [-0.05, 0) is 22.6 Å². The Bertz CT molecular complexity index is 788. The van der Waals surface area contributed by atoms with Crippen molar-refractivity contribution in [1.29, 1.82) is 0 Å². The molecule has 1 aromatic carbocycles. The number of carbonyl (C=O) groups is 1. The molecule has 9 heteroatoms. The molecule has 21 heavy (non-hydrogen) atoms. The van der Waals surface area contributed by atoms with E-state index in [1.54, 1.807) is 24.3 Å². The van der Waals surface area contributed by atoms with Crippen molar-refractivity contribution in [3.8, 4) is 22.8 Å². The van der Waals surface area contributed by atoms with Crippen LogP contribution in [0.15, 0.2) is 30.5 Å². The molecule has 2 heterocycles. The number of rotatable bonds is 3. The maximum absolute atomic E-state index is 11.2. The van der Waals surface area contributed by atoms with Crippen molar-refractivity contribution < 1.29 is 9.90 Å². The second-order valence-electron chi connectivity index (χ2n) is 4.01. The van der Waals surface area contributed by atoms with Crippen molar-refractivity contribution in [2.75, 3.05) is 0 Å². The van der Waals surface area contributed by atoms with Gasteiger partial charge in [0.15, 0.2) is 5.69 Å². The van der Waals surface area contributed by atoms with Gasteiger partial charge in [0.05, 0.1) is 11.9 Å². The van der Waals surface area contributed by atoms with Crippen molar-refractivity contribution in [3.63, 3.8) is 0 Å². The zero-order valence-electron chi connectivity index (χ0n) is 10.4. The fraction of sp³-hybridized carbons (Fsp3) is 0. The molecule has 0 aliphatic carbocycles. The maximum atomic E-state index is 11.2. The van der Waals surface area contributed by atoms with Gasteiger partial charge in [-0.25, -0.2) is 19.9 Å². The number of halogens is 1. The van der Waals surface area contributed by atoms with E-state index < -0.39 is 5.97 Å². The van der Waals surface area contributed by atoms with E-state index in [9.17, 15) is 4.79 Å². The zero-order chi connectivity index (χ0) is 14.8. The monoisotopic (exact) mass is 302 g/mol. The Balaban J connectivity index is 2.15. The summed E-state index contributed by atoms with van der Waals surface area (Å²) in [5.74, 6) is -1.08. The van der Waals surface area contributed by atoms with Crippen LogP contribution in [0.25, 0.3) is 22.8 Å². The number of aromatic nitrogens is 6. The maximum Gasteiger partial charge on any atom is 0.356 e. The van der Waals surface area contributed by atoms with E-state index in [1.807, 2.05) is 0 Å². The summed E-state index contributed by atoms with van der Waals surface area (Å²) in [7, 11) is 0. The number of nitrogens with zero attached hydrogens (tertiary/aromatic N) is 5. The minimum absolute atomic E-state index is 0.0694. The molecule has 0 atom stereocenters. The molecule has 0 amide bonds. The van der Waals surface area contributed by atoms with Gasteiger partial charge in [-0.3, -0.25) is 0 Å². The summed E-state index contributed by atoms with van der Waals surface area (Å²) < 4.78 is 0. The Labute approximate surface area is 122 Å². The third kappa shape index (κ3) is 2.56. The Morgan fingerprint density at radius 2 is 2.00 bits per heavy atom. The Hall–Kier alpha value is -2.87. The highest BCUT2D eigenvalue weighted by Crippen LogP contribution is 2.23.